The Labute approximate surface area is 191 Å². The number of aryl methyl sites for hydroxylation is 1. The monoisotopic (exact) mass is 433 g/mol. The lowest BCUT2D eigenvalue weighted by Gasteiger charge is -2.29. The van der Waals surface area contributed by atoms with Crippen molar-refractivity contribution in [3.05, 3.63) is 72.1 Å². The quantitative estimate of drug-likeness (QED) is 0.446. The number of amides is 2. The molecule has 32 heavy (non-hydrogen) atoms. The number of hydrogen-bond donors (Lipinski definition) is 0. The molecule has 2 aromatic carbocycles. The van der Waals surface area contributed by atoms with Gasteiger partial charge in [-0.15, -0.1) is 0 Å². The van der Waals surface area contributed by atoms with Gasteiger partial charge in [0.1, 0.15) is 6.54 Å². The normalized spacial score (nSPS) is 11.2. The molecule has 0 aliphatic carbocycles. The van der Waals surface area contributed by atoms with E-state index in [0.29, 0.717) is 31.1 Å². The fourth-order valence-corrected chi connectivity index (χ4v) is 3.92. The molecule has 0 atom stereocenters. The molecule has 5 nitrogen and oxygen atoms in total. The van der Waals surface area contributed by atoms with Crippen molar-refractivity contribution in [2.75, 3.05) is 19.6 Å². The summed E-state index contributed by atoms with van der Waals surface area (Å²) in [6.07, 6.45) is 3.83. The Morgan fingerprint density at radius 1 is 0.969 bits per heavy atom. The van der Waals surface area contributed by atoms with Crippen LogP contribution in [-0.2, 0) is 18.4 Å². The molecule has 5 heteroatoms. The van der Waals surface area contributed by atoms with Crippen molar-refractivity contribution in [1.29, 1.82) is 0 Å². The molecule has 0 fully saturated rings. The Morgan fingerprint density at radius 2 is 1.72 bits per heavy atom. The lowest BCUT2D eigenvalue weighted by molar-refractivity contribution is -0.133. The fraction of sp³-hybridized carbons (Fsp3) is 0.407. The predicted molar refractivity (Wildman–Crippen MR) is 130 cm³/mol. The minimum Gasteiger partial charge on any atom is -0.353 e. The SMILES string of the molecule is CCCCN(CC(=O)N(Cc1cccn1C)CC(C)C)C(=O)c1ccc2ccccc2c1. The van der Waals surface area contributed by atoms with Crippen molar-refractivity contribution >= 4 is 22.6 Å². The van der Waals surface area contributed by atoms with Crippen molar-refractivity contribution < 1.29 is 9.59 Å². The molecule has 2 amide bonds. The maximum atomic E-state index is 13.4. The van der Waals surface area contributed by atoms with Gasteiger partial charge in [-0.3, -0.25) is 9.59 Å². The number of carbonyl (C=O) groups is 2. The third-order valence-corrected chi connectivity index (χ3v) is 5.73. The summed E-state index contributed by atoms with van der Waals surface area (Å²) >= 11 is 0. The highest BCUT2D eigenvalue weighted by atomic mass is 16.2. The second kappa shape index (κ2) is 11.0. The maximum Gasteiger partial charge on any atom is 0.254 e. The Kier molecular flexibility index (Phi) is 8.09. The van der Waals surface area contributed by atoms with Crippen LogP contribution in [0.3, 0.4) is 0 Å². The lowest BCUT2D eigenvalue weighted by atomic mass is 10.1. The van der Waals surface area contributed by atoms with Crippen molar-refractivity contribution in [3.63, 3.8) is 0 Å². The number of fused-ring (bicyclic) bond motifs is 1. The van der Waals surface area contributed by atoms with Crippen LogP contribution < -0.4 is 0 Å². The molecule has 0 saturated carbocycles. The van der Waals surface area contributed by atoms with Crippen LogP contribution in [0, 0.1) is 5.92 Å². The summed E-state index contributed by atoms with van der Waals surface area (Å²) in [4.78, 5) is 30.4. The van der Waals surface area contributed by atoms with Gasteiger partial charge in [0.05, 0.1) is 6.54 Å². The second-order valence-electron chi connectivity index (χ2n) is 8.92. The highest BCUT2D eigenvalue weighted by Gasteiger charge is 2.23. The van der Waals surface area contributed by atoms with Crippen LogP contribution in [0.1, 0.15) is 49.7 Å². The maximum absolute atomic E-state index is 13.4. The van der Waals surface area contributed by atoms with Gasteiger partial charge in [-0.1, -0.05) is 57.5 Å². The van der Waals surface area contributed by atoms with Crippen molar-refractivity contribution in [2.45, 2.75) is 40.2 Å². The summed E-state index contributed by atoms with van der Waals surface area (Å²) in [5.41, 5.74) is 1.71. The van der Waals surface area contributed by atoms with Crippen molar-refractivity contribution in [3.8, 4) is 0 Å². The number of nitrogens with zero attached hydrogens (tertiary/aromatic N) is 3. The minimum atomic E-state index is -0.0825. The Hall–Kier alpha value is -3.08. The number of benzene rings is 2. The average Bonchev–Trinajstić information content (AvgIpc) is 3.19. The van der Waals surface area contributed by atoms with Gasteiger partial charge < -0.3 is 14.4 Å². The van der Waals surface area contributed by atoms with E-state index in [-0.39, 0.29) is 18.4 Å². The van der Waals surface area contributed by atoms with Crippen LogP contribution in [0.2, 0.25) is 0 Å². The van der Waals surface area contributed by atoms with E-state index >= 15 is 0 Å². The van der Waals surface area contributed by atoms with Gasteiger partial charge in [-0.05, 0) is 47.4 Å². The number of rotatable bonds is 10. The fourth-order valence-electron chi connectivity index (χ4n) is 3.92. The van der Waals surface area contributed by atoms with Gasteiger partial charge in [0.2, 0.25) is 5.91 Å². The zero-order valence-electron chi connectivity index (χ0n) is 19.8. The first-order valence-electron chi connectivity index (χ1n) is 11.5. The van der Waals surface area contributed by atoms with E-state index < -0.39 is 0 Å². The average molecular weight is 434 g/mol. The zero-order chi connectivity index (χ0) is 23.1. The molecular formula is C27H35N3O2. The van der Waals surface area contributed by atoms with E-state index in [1.54, 1.807) is 4.90 Å². The van der Waals surface area contributed by atoms with E-state index in [1.807, 2.05) is 77.3 Å². The second-order valence-corrected chi connectivity index (χ2v) is 8.92. The van der Waals surface area contributed by atoms with Gasteiger partial charge in [-0.2, -0.15) is 0 Å². The number of unbranched alkanes of at least 4 members (excludes halogenated alkanes) is 1. The molecule has 0 spiro atoms. The number of hydrogen-bond acceptors (Lipinski definition) is 2. The van der Waals surface area contributed by atoms with Crippen LogP contribution in [0.4, 0.5) is 0 Å². The predicted octanol–water partition coefficient (Wildman–Crippen LogP) is 5.11. The van der Waals surface area contributed by atoms with Gasteiger partial charge in [0.15, 0.2) is 0 Å². The van der Waals surface area contributed by atoms with Gasteiger partial charge in [0.25, 0.3) is 5.91 Å². The highest BCUT2D eigenvalue weighted by Crippen LogP contribution is 2.18. The van der Waals surface area contributed by atoms with Gasteiger partial charge in [0, 0.05) is 37.6 Å². The largest absolute Gasteiger partial charge is 0.353 e. The molecule has 3 rings (SSSR count). The highest BCUT2D eigenvalue weighted by molar-refractivity contribution is 6.00. The first kappa shape index (κ1) is 23.6. The summed E-state index contributed by atoms with van der Waals surface area (Å²) in [6, 6.07) is 17.8. The van der Waals surface area contributed by atoms with Crippen LogP contribution in [-0.4, -0.2) is 45.8 Å². The molecule has 0 aliphatic rings. The molecule has 0 bridgehead atoms. The van der Waals surface area contributed by atoms with Crippen molar-refractivity contribution in [2.24, 2.45) is 13.0 Å². The molecule has 170 valence electrons. The van der Waals surface area contributed by atoms with E-state index in [2.05, 4.69) is 20.8 Å². The van der Waals surface area contributed by atoms with Crippen LogP contribution >= 0.6 is 0 Å². The molecule has 1 aromatic heterocycles. The molecule has 0 radical (unpaired) electrons. The minimum absolute atomic E-state index is 0.00913. The summed E-state index contributed by atoms with van der Waals surface area (Å²) in [5, 5.41) is 2.14. The molecule has 0 saturated heterocycles. The first-order chi connectivity index (χ1) is 15.4. The third-order valence-electron chi connectivity index (χ3n) is 5.73. The summed E-state index contributed by atoms with van der Waals surface area (Å²) in [7, 11) is 1.99. The molecular weight excluding hydrogens is 398 g/mol. The number of aromatic nitrogens is 1. The van der Waals surface area contributed by atoms with Gasteiger partial charge >= 0.3 is 0 Å². The lowest BCUT2D eigenvalue weighted by Crippen LogP contribution is -2.44. The Morgan fingerprint density at radius 3 is 2.38 bits per heavy atom. The van der Waals surface area contributed by atoms with Gasteiger partial charge in [-0.25, -0.2) is 0 Å². The number of carbonyl (C=O) groups excluding carboxylic acids is 2. The van der Waals surface area contributed by atoms with Crippen LogP contribution in [0.25, 0.3) is 10.8 Å². The molecule has 0 N–H and O–H groups in total. The Balaban J connectivity index is 1.80. The van der Waals surface area contributed by atoms with E-state index in [1.165, 1.54) is 0 Å². The van der Waals surface area contributed by atoms with E-state index in [4.69, 9.17) is 0 Å². The molecule has 3 aromatic rings. The first-order valence-corrected chi connectivity index (χ1v) is 11.5. The summed E-state index contributed by atoms with van der Waals surface area (Å²) in [6.45, 7) is 8.21. The molecule has 0 aliphatic heterocycles. The molecule has 0 unspecified atom stereocenters. The zero-order valence-corrected chi connectivity index (χ0v) is 19.8. The van der Waals surface area contributed by atoms with E-state index in [9.17, 15) is 9.59 Å². The summed E-state index contributed by atoms with van der Waals surface area (Å²) < 4.78 is 2.04. The van der Waals surface area contributed by atoms with Crippen LogP contribution in [0.5, 0.6) is 0 Å². The van der Waals surface area contributed by atoms with E-state index in [0.717, 1.165) is 29.3 Å². The standard InChI is InChI=1S/C27H35N3O2/c1-5-6-16-29(27(32)24-14-13-22-10-7-8-11-23(22)17-24)20-26(31)30(18-21(2)3)19-25-12-9-15-28(25)4/h7-15,17,21H,5-6,16,18-20H2,1-4H3. The van der Waals surface area contributed by atoms with Crippen molar-refractivity contribution in [1.82, 2.24) is 14.4 Å². The Bertz CT molecular complexity index is 1050. The topological polar surface area (TPSA) is 45.6 Å². The summed E-state index contributed by atoms with van der Waals surface area (Å²) in [5.74, 6) is 0.255. The third kappa shape index (κ3) is 6.00. The molecule has 1 heterocycles. The smallest absolute Gasteiger partial charge is 0.254 e. The van der Waals surface area contributed by atoms with Crippen LogP contribution in [0.15, 0.2) is 60.8 Å².